The summed E-state index contributed by atoms with van der Waals surface area (Å²) in [6, 6.07) is 6.29. The lowest BCUT2D eigenvalue weighted by Crippen LogP contribution is -2.49. The monoisotopic (exact) mass is 405 g/mol. The predicted octanol–water partition coefficient (Wildman–Crippen LogP) is 2.23. The molecule has 1 saturated heterocycles. The molecule has 0 bridgehead atoms. The molecule has 1 aromatic carbocycles. The van der Waals surface area contributed by atoms with Crippen molar-refractivity contribution < 1.29 is 17.9 Å². The third kappa shape index (κ3) is 3.18. The van der Waals surface area contributed by atoms with Crippen molar-refractivity contribution in [2.45, 2.75) is 29.8 Å². The Hall–Kier alpha value is -2.06. The van der Waals surface area contributed by atoms with Crippen LogP contribution in [0.25, 0.3) is 10.9 Å². The first-order valence-electron chi connectivity index (χ1n) is 9.54. The third-order valence-electron chi connectivity index (χ3n) is 6.08. The molecule has 8 heteroatoms. The van der Waals surface area contributed by atoms with E-state index in [0.717, 1.165) is 29.4 Å². The van der Waals surface area contributed by atoms with Crippen molar-refractivity contribution in [3.8, 4) is 0 Å². The number of sulfone groups is 1. The van der Waals surface area contributed by atoms with E-state index in [-0.39, 0.29) is 18.1 Å². The Kier molecular flexibility index (Phi) is 4.66. The number of nitrogens with zero attached hydrogens (tertiary/aromatic N) is 2. The molecule has 1 unspecified atom stereocenters. The maximum atomic E-state index is 12.3. The number of rotatable bonds is 3. The second kappa shape index (κ2) is 6.77. The minimum atomic E-state index is -3.32. The molecule has 2 aliphatic rings. The Morgan fingerprint density at radius 3 is 2.79 bits per heavy atom. The number of carbonyl (C=O) groups excluding carboxylic acids is 1. The molecular formula is C20H27N3O4S. The lowest BCUT2D eigenvalue weighted by atomic mass is 9.72. The van der Waals surface area contributed by atoms with Gasteiger partial charge in [-0.25, -0.2) is 13.2 Å². The van der Waals surface area contributed by atoms with E-state index in [2.05, 4.69) is 23.0 Å². The molecule has 4 rings (SSSR count). The summed E-state index contributed by atoms with van der Waals surface area (Å²) in [7, 11) is 2.12. The number of aromatic nitrogens is 1. The number of likely N-dealkylation sites (tertiary alicyclic amines) is 1. The molecule has 2 aromatic rings. The maximum Gasteiger partial charge on any atom is 0.409 e. The number of nitrogens with one attached hydrogen (secondary N) is 1. The summed E-state index contributed by atoms with van der Waals surface area (Å²) in [5.74, 6) is 0.543. The number of H-pyrrole nitrogens is 1. The average molecular weight is 406 g/mol. The van der Waals surface area contributed by atoms with Gasteiger partial charge in [0.15, 0.2) is 9.84 Å². The van der Waals surface area contributed by atoms with Crippen LogP contribution in [0.15, 0.2) is 23.2 Å². The second-order valence-corrected chi connectivity index (χ2v) is 10.3. The van der Waals surface area contributed by atoms with Crippen molar-refractivity contribution >= 4 is 26.8 Å². The molecule has 1 amide bonds. The van der Waals surface area contributed by atoms with Gasteiger partial charge >= 0.3 is 6.09 Å². The SMILES string of the molecule is CN(C)C(=O)OCC1C[C@H]2c3cccc4[nH]c(S(C)(=O)=O)c(c34)C[C@@H]2N(C)C1. The van der Waals surface area contributed by atoms with Crippen LogP contribution in [-0.4, -0.2) is 75.9 Å². The van der Waals surface area contributed by atoms with Crippen molar-refractivity contribution in [2.75, 3.05) is 40.6 Å². The minimum Gasteiger partial charge on any atom is -0.449 e. The molecule has 1 N–H and O–H groups in total. The number of amides is 1. The van der Waals surface area contributed by atoms with Gasteiger partial charge in [0.25, 0.3) is 0 Å². The highest BCUT2D eigenvalue weighted by atomic mass is 32.2. The lowest BCUT2D eigenvalue weighted by molar-refractivity contribution is 0.0526. The number of benzene rings is 1. The molecule has 152 valence electrons. The quantitative estimate of drug-likeness (QED) is 0.847. The fraction of sp³-hybridized carbons (Fsp3) is 0.550. The van der Waals surface area contributed by atoms with E-state index < -0.39 is 9.84 Å². The normalized spacial score (nSPS) is 24.8. The van der Waals surface area contributed by atoms with Crippen LogP contribution in [0, 0.1) is 5.92 Å². The number of hydrogen-bond donors (Lipinski definition) is 1. The lowest BCUT2D eigenvalue weighted by Gasteiger charge is -2.45. The Bertz CT molecular complexity index is 1030. The zero-order chi connectivity index (χ0) is 20.2. The van der Waals surface area contributed by atoms with Gasteiger partial charge in [-0.05, 0) is 37.1 Å². The molecule has 1 aliphatic heterocycles. The van der Waals surface area contributed by atoms with Gasteiger partial charge in [-0.1, -0.05) is 12.1 Å². The Balaban J connectivity index is 1.69. The highest BCUT2D eigenvalue weighted by Crippen LogP contribution is 2.46. The van der Waals surface area contributed by atoms with Crippen molar-refractivity contribution in [1.82, 2.24) is 14.8 Å². The van der Waals surface area contributed by atoms with Gasteiger partial charge in [0.2, 0.25) is 0 Å². The van der Waals surface area contributed by atoms with Gasteiger partial charge in [0.1, 0.15) is 5.03 Å². The average Bonchev–Trinajstić information content (AvgIpc) is 3.01. The third-order valence-corrected chi connectivity index (χ3v) is 7.17. The van der Waals surface area contributed by atoms with Crippen LogP contribution in [0.3, 0.4) is 0 Å². The van der Waals surface area contributed by atoms with E-state index in [1.165, 1.54) is 16.7 Å². The van der Waals surface area contributed by atoms with Crippen molar-refractivity contribution in [3.05, 3.63) is 29.3 Å². The number of hydrogen-bond acceptors (Lipinski definition) is 5. The van der Waals surface area contributed by atoms with Crippen molar-refractivity contribution in [1.29, 1.82) is 0 Å². The molecule has 2 heterocycles. The summed E-state index contributed by atoms with van der Waals surface area (Å²) in [6.07, 6.45) is 2.58. The smallest absolute Gasteiger partial charge is 0.409 e. The van der Waals surface area contributed by atoms with Crippen LogP contribution in [0.2, 0.25) is 0 Å². The highest BCUT2D eigenvalue weighted by molar-refractivity contribution is 7.90. The van der Waals surface area contributed by atoms with Gasteiger partial charge in [-0.15, -0.1) is 0 Å². The van der Waals surface area contributed by atoms with Crippen LogP contribution in [0.4, 0.5) is 4.79 Å². The molecule has 3 atom stereocenters. The van der Waals surface area contributed by atoms with E-state index in [4.69, 9.17) is 4.74 Å². The summed E-state index contributed by atoms with van der Waals surface area (Å²) >= 11 is 0. The molecule has 0 radical (unpaired) electrons. The standard InChI is InChI=1S/C20H27N3O4S/c1-22(2)20(24)27-11-12-8-14-13-6-5-7-16-18(13)15(9-17(14)23(3)10-12)19(21-16)28(4,25)26/h5-7,12,14,17,21H,8-11H2,1-4H3/t12?,14-,17-/m0/s1. The van der Waals surface area contributed by atoms with Crippen LogP contribution >= 0.6 is 0 Å². The van der Waals surface area contributed by atoms with E-state index in [1.807, 2.05) is 12.1 Å². The van der Waals surface area contributed by atoms with Crippen molar-refractivity contribution in [3.63, 3.8) is 0 Å². The van der Waals surface area contributed by atoms with E-state index in [0.29, 0.717) is 24.0 Å². The Labute approximate surface area is 165 Å². The summed E-state index contributed by atoms with van der Waals surface area (Å²) in [5.41, 5.74) is 3.00. The highest BCUT2D eigenvalue weighted by Gasteiger charge is 2.41. The Morgan fingerprint density at radius 2 is 2.11 bits per heavy atom. The van der Waals surface area contributed by atoms with Crippen LogP contribution < -0.4 is 0 Å². The zero-order valence-corrected chi connectivity index (χ0v) is 17.5. The molecule has 1 aromatic heterocycles. The van der Waals surface area contributed by atoms with Gasteiger partial charge in [0.05, 0.1) is 6.61 Å². The molecule has 7 nitrogen and oxygen atoms in total. The molecule has 0 saturated carbocycles. The van der Waals surface area contributed by atoms with Crippen LogP contribution in [0.1, 0.15) is 23.5 Å². The van der Waals surface area contributed by atoms with Gasteiger partial charge in [0, 0.05) is 55.7 Å². The van der Waals surface area contributed by atoms with Gasteiger partial charge < -0.3 is 19.5 Å². The molecule has 1 fully saturated rings. The molecule has 1 aliphatic carbocycles. The first-order chi connectivity index (χ1) is 13.2. The van der Waals surface area contributed by atoms with E-state index >= 15 is 0 Å². The Morgan fingerprint density at radius 1 is 1.36 bits per heavy atom. The molecular weight excluding hydrogens is 378 g/mol. The number of ether oxygens (including phenoxy) is 1. The fourth-order valence-corrected chi connectivity index (χ4v) is 5.79. The summed E-state index contributed by atoms with van der Waals surface area (Å²) in [5, 5.41) is 1.41. The summed E-state index contributed by atoms with van der Waals surface area (Å²) in [6.45, 7) is 1.22. The summed E-state index contributed by atoms with van der Waals surface area (Å²) in [4.78, 5) is 18.7. The fourth-order valence-electron chi connectivity index (χ4n) is 4.86. The first kappa shape index (κ1) is 19.3. The van der Waals surface area contributed by atoms with E-state index in [9.17, 15) is 13.2 Å². The summed E-state index contributed by atoms with van der Waals surface area (Å²) < 4.78 is 30.1. The predicted molar refractivity (Wildman–Crippen MR) is 107 cm³/mol. The second-order valence-electron chi connectivity index (χ2n) is 8.37. The molecule has 0 spiro atoms. The molecule has 28 heavy (non-hydrogen) atoms. The van der Waals surface area contributed by atoms with Crippen LogP contribution in [-0.2, 0) is 21.0 Å². The number of likely N-dealkylation sites (N-methyl/N-ethyl adjacent to an activating group) is 1. The van der Waals surface area contributed by atoms with E-state index in [1.54, 1.807) is 14.1 Å². The van der Waals surface area contributed by atoms with Gasteiger partial charge in [-0.2, -0.15) is 0 Å². The van der Waals surface area contributed by atoms with Gasteiger partial charge in [-0.3, -0.25) is 0 Å². The number of carbonyl (C=O) groups is 1. The topological polar surface area (TPSA) is 82.7 Å². The van der Waals surface area contributed by atoms with Crippen LogP contribution in [0.5, 0.6) is 0 Å². The number of fused-ring (bicyclic) bond motifs is 2. The number of aromatic amines is 1. The first-order valence-corrected chi connectivity index (χ1v) is 11.4. The van der Waals surface area contributed by atoms with Crippen molar-refractivity contribution in [2.24, 2.45) is 5.92 Å². The minimum absolute atomic E-state index is 0.246. The zero-order valence-electron chi connectivity index (χ0n) is 16.7. The number of piperidine rings is 1. The maximum absolute atomic E-state index is 12.3. The largest absolute Gasteiger partial charge is 0.449 e.